The molecule has 21 heavy (non-hydrogen) atoms. The average molecular weight is 296 g/mol. The van der Waals surface area contributed by atoms with Gasteiger partial charge in [0, 0.05) is 11.6 Å². The molecule has 0 bridgehead atoms. The molecule has 4 heteroatoms. The van der Waals surface area contributed by atoms with Gasteiger partial charge in [0.15, 0.2) is 0 Å². The molecule has 0 amide bonds. The molecule has 0 saturated heterocycles. The Bertz CT molecular complexity index is 474. The van der Waals surface area contributed by atoms with Crippen molar-refractivity contribution >= 4 is 0 Å². The van der Waals surface area contributed by atoms with Crippen LogP contribution in [0.25, 0.3) is 0 Å². The Morgan fingerprint density at radius 1 is 1.14 bits per heavy atom. The Balaban J connectivity index is 2.09. The van der Waals surface area contributed by atoms with E-state index in [0.717, 1.165) is 31.7 Å². The molecule has 2 nitrogen and oxygen atoms in total. The highest BCUT2D eigenvalue weighted by Gasteiger charge is 2.33. The van der Waals surface area contributed by atoms with Crippen LogP contribution >= 0.6 is 0 Å². The van der Waals surface area contributed by atoms with E-state index in [-0.39, 0.29) is 6.04 Å². The first kappa shape index (κ1) is 16.4. The lowest BCUT2D eigenvalue weighted by molar-refractivity contribution is 0.132. The highest BCUT2D eigenvalue weighted by atomic mass is 19.1. The zero-order valence-corrected chi connectivity index (χ0v) is 13.1. The summed E-state index contributed by atoms with van der Waals surface area (Å²) in [5.41, 5.74) is 3.53. The van der Waals surface area contributed by atoms with Gasteiger partial charge in [-0.05, 0) is 49.0 Å². The normalized spacial score (nSPS) is 24.9. The monoisotopic (exact) mass is 296 g/mol. The number of nitrogens with one attached hydrogen (secondary N) is 1. The SMILES string of the molecule is CC(C)(C)C1CCC(C(NN)c2ccc(F)cc2F)CC1. The van der Waals surface area contributed by atoms with Crippen molar-refractivity contribution in [3.05, 3.63) is 35.4 Å². The van der Waals surface area contributed by atoms with Crippen LogP contribution in [-0.4, -0.2) is 0 Å². The third-order valence-electron chi connectivity index (χ3n) is 4.95. The maximum atomic E-state index is 14.0. The van der Waals surface area contributed by atoms with Gasteiger partial charge in [-0.25, -0.2) is 8.78 Å². The van der Waals surface area contributed by atoms with Crippen LogP contribution in [0.3, 0.4) is 0 Å². The molecule has 2 rings (SSSR count). The van der Waals surface area contributed by atoms with E-state index in [0.29, 0.717) is 22.8 Å². The molecule has 0 spiro atoms. The van der Waals surface area contributed by atoms with Gasteiger partial charge in [0.25, 0.3) is 0 Å². The molecule has 0 aromatic heterocycles. The molecule has 1 aromatic carbocycles. The minimum atomic E-state index is -0.552. The predicted octanol–water partition coefficient (Wildman–Crippen LogP) is 4.32. The lowest BCUT2D eigenvalue weighted by Gasteiger charge is -2.39. The molecule has 1 aliphatic rings. The maximum absolute atomic E-state index is 14.0. The first-order valence-electron chi connectivity index (χ1n) is 7.74. The Morgan fingerprint density at radius 3 is 2.24 bits per heavy atom. The fraction of sp³-hybridized carbons (Fsp3) is 0.647. The number of hydrazine groups is 1. The van der Waals surface area contributed by atoms with Gasteiger partial charge in [0.1, 0.15) is 11.6 Å². The van der Waals surface area contributed by atoms with Gasteiger partial charge in [0.05, 0.1) is 6.04 Å². The van der Waals surface area contributed by atoms with E-state index in [2.05, 4.69) is 26.2 Å². The standard InChI is InChI=1S/C17H26F2N2/c1-17(2,3)12-6-4-11(5-7-12)16(21-20)14-9-8-13(18)10-15(14)19/h8-12,16,21H,4-7,20H2,1-3H3. The number of rotatable bonds is 3. The number of hydrogen-bond acceptors (Lipinski definition) is 2. The lowest BCUT2D eigenvalue weighted by atomic mass is 9.68. The van der Waals surface area contributed by atoms with Gasteiger partial charge >= 0.3 is 0 Å². The topological polar surface area (TPSA) is 38.0 Å². The van der Waals surface area contributed by atoms with E-state index in [1.54, 1.807) is 0 Å². The lowest BCUT2D eigenvalue weighted by Crippen LogP contribution is -2.37. The summed E-state index contributed by atoms with van der Waals surface area (Å²) in [6.45, 7) is 6.82. The second-order valence-electron chi connectivity index (χ2n) is 7.29. The quantitative estimate of drug-likeness (QED) is 0.644. The second-order valence-corrected chi connectivity index (χ2v) is 7.29. The smallest absolute Gasteiger partial charge is 0.130 e. The number of halogens is 2. The van der Waals surface area contributed by atoms with Crippen LogP contribution < -0.4 is 11.3 Å². The first-order valence-corrected chi connectivity index (χ1v) is 7.74. The van der Waals surface area contributed by atoms with Gasteiger partial charge in [0.2, 0.25) is 0 Å². The molecular formula is C17H26F2N2. The third-order valence-corrected chi connectivity index (χ3v) is 4.95. The van der Waals surface area contributed by atoms with Gasteiger partial charge in [-0.15, -0.1) is 0 Å². The summed E-state index contributed by atoms with van der Waals surface area (Å²) in [7, 11) is 0. The van der Waals surface area contributed by atoms with Crippen molar-refractivity contribution < 1.29 is 8.78 Å². The third kappa shape index (κ3) is 3.80. The Hall–Kier alpha value is -1.00. The van der Waals surface area contributed by atoms with Crippen molar-refractivity contribution in [3.8, 4) is 0 Å². The van der Waals surface area contributed by atoms with Gasteiger partial charge in [-0.2, -0.15) is 0 Å². The molecule has 0 radical (unpaired) electrons. The fourth-order valence-electron chi connectivity index (χ4n) is 3.55. The predicted molar refractivity (Wildman–Crippen MR) is 81.3 cm³/mol. The summed E-state index contributed by atoms with van der Waals surface area (Å²) in [4.78, 5) is 0. The summed E-state index contributed by atoms with van der Waals surface area (Å²) in [6.07, 6.45) is 4.31. The minimum absolute atomic E-state index is 0.244. The van der Waals surface area contributed by atoms with Crippen LogP contribution in [0.5, 0.6) is 0 Å². The molecule has 1 saturated carbocycles. The zero-order chi connectivity index (χ0) is 15.6. The molecule has 0 aliphatic heterocycles. The molecule has 118 valence electrons. The van der Waals surface area contributed by atoms with E-state index in [1.807, 2.05) is 0 Å². The Kier molecular flexibility index (Phi) is 4.99. The van der Waals surface area contributed by atoms with Crippen molar-refractivity contribution in [1.29, 1.82) is 0 Å². The van der Waals surface area contributed by atoms with Crippen molar-refractivity contribution in [2.24, 2.45) is 23.1 Å². The molecule has 1 aromatic rings. The molecule has 3 N–H and O–H groups in total. The second kappa shape index (κ2) is 6.41. The Labute approximate surface area is 126 Å². The van der Waals surface area contributed by atoms with Crippen LogP contribution in [0.1, 0.15) is 58.1 Å². The van der Waals surface area contributed by atoms with Crippen LogP contribution in [-0.2, 0) is 0 Å². The van der Waals surface area contributed by atoms with E-state index in [1.165, 1.54) is 12.1 Å². The average Bonchev–Trinajstić information content (AvgIpc) is 2.41. The Morgan fingerprint density at radius 2 is 1.76 bits per heavy atom. The van der Waals surface area contributed by atoms with E-state index >= 15 is 0 Å². The summed E-state index contributed by atoms with van der Waals surface area (Å²) in [6, 6.07) is 3.49. The van der Waals surface area contributed by atoms with Crippen molar-refractivity contribution in [1.82, 2.24) is 5.43 Å². The summed E-state index contributed by atoms with van der Waals surface area (Å²) >= 11 is 0. The van der Waals surface area contributed by atoms with Crippen molar-refractivity contribution in [2.45, 2.75) is 52.5 Å². The molecule has 1 aliphatic carbocycles. The number of nitrogens with two attached hydrogens (primary N) is 1. The highest BCUT2D eigenvalue weighted by Crippen LogP contribution is 2.43. The maximum Gasteiger partial charge on any atom is 0.130 e. The number of benzene rings is 1. The van der Waals surface area contributed by atoms with Crippen LogP contribution in [0, 0.1) is 28.9 Å². The van der Waals surface area contributed by atoms with Crippen molar-refractivity contribution in [2.75, 3.05) is 0 Å². The fourth-order valence-corrected chi connectivity index (χ4v) is 3.55. The molecule has 0 heterocycles. The minimum Gasteiger partial charge on any atom is -0.271 e. The van der Waals surface area contributed by atoms with Crippen LogP contribution in [0.15, 0.2) is 18.2 Å². The largest absolute Gasteiger partial charge is 0.271 e. The van der Waals surface area contributed by atoms with E-state index in [4.69, 9.17) is 5.84 Å². The van der Waals surface area contributed by atoms with Gasteiger partial charge in [-0.1, -0.05) is 26.8 Å². The summed E-state index contributed by atoms with van der Waals surface area (Å²) in [5, 5.41) is 0. The summed E-state index contributed by atoms with van der Waals surface area (Å²) < 4.78 is 27.0. The van der Waals surface area contributed by atoms with Gasteiger partial charge in [-0.3, -0.25) is 11.3 Å². The highest BCUT2D eigenvalue weighted by molar-refractivity contribution is 5.23. The van der Waals surface area contributed by atoms with E-state index < -0.39 is 11.6 Å². The first-order chi connectivity index (χ1) is 9.82. The zero-order valence-electron chi connectivity index (χ0n) is 13.1. The van der Waals surface area contributed by atoms with Gasteiger partial charge < -0.3 is 0 Å². The van der Waals surface area contributed by atoms with Crippen LogP contribution in [0.2, 0.25) is 0 Å². The molecule has 1 atom stereocenters. The van der Waals surface area contributed by atoms with Crippen molar-refractivity contribution in [3.63, 3.8) is 0 Å². The molecule has 1 fully saturated rings. The van der Waals surface area contributed by atoms with E-state index in [9.17, 15) is 8.78 Å². The molecular weight excluding hydrogens is 270 g/mol. The molecule has 1 unspecified atom stereocenters. The summed E-state index contributed by atoms with van der Waals surface area (Å²) in [5.74, 6) is 5.58. The van der Waals surface area contributed by atoms with Crippen LogP contribution in [0.4, 0.5) is 8.78 Å². The number of hydrogen-bond donors (Lipinski definition) is 2.